The molecule has 0 aliphatic carbocycles. The van der Waals surface area contributed by atoms with Gasteiger partial charge in [0, 0.05) is 25.7 Å². The van der Waals surface area contributed by atoms with Crippen molar-refractivity contribution < 1.29 is 48.0 Å². The number of aliphatic hydroxyl groups is 1. The van der Waals surface area contributed by atoms with Crippen molar-refractivity contribution in [2.24, 2.45) is 0 Å². The molecule has 5 atom stereocenters. The van der Waals surface area contributed by atoms with Gasteiger partial charge in [-0.15, -0.1) is 0 Å². The van der Waals surface area contributed by atoms with E-state index < -0.39 is 54.6 Å². The second kappa shape index (κ2) is 11.6. The third-order valence-electron chi connectivity index (χ3n) is 3.98. The zero-order valence-electron chi connectivity index (χ0n) is 16.5. The van der Waals surface area contributed by atoms with Crippen LogP contribution >= 0.6 is 0 Å². The predicted molar refractivity (Wildman–Crippen MR) is 92.6 cm³/mol. The minimum Gasteiger partial charge on any atom is -0.463 e. The van der Waals surface area contributed by atoms with Crippen molar-refractivity contribution >= 4 is 23.9 Å². The normalized spacial score (nSPS) is 26.8. The number of carbonyl (C=O) groups is 4. The minimum atomic E-state index is -1.67. The Balaban J connectivity index is 3.17. The van der Waals surface area contributed by atoms with Crippen LogP contribution in [-0.4, -0.2) is 66.3 Å². The van der Waals surface area contributed by atoms with E-state index in [0.29, 0.717) is 0 Å². The molecule has 0 saturated carbocycles. The van der Waals surface area contributed by atoms with E-state index in [1.807, 2.05) is 0 Å². The van der Waals surface area contributed by atoms with E-state index in [2.05, 4.69) is 0 Å². The lowest BCUT2D eigenvalue weighted by Crippen LogP contribution is -2.62. The van der Waals surface area contributed by atoms with Gasteiger partial charge in [0.05, 0.1) is 0 Å². The molecule has 0 aromatic carbocycles. The van der Waals surface area contributed by atoms with Crippen molar-refractivity contribution in [1.29, 1.82) is 0 Å². The lowest BCUT2D eigenvalue weighted by atomic mass is 9.98. The van der Waals surface area contributed by atoms with E-state index in [9.17, 15) is 24.3 Å². The number of carbonyl (C=O) groups excluding carboxylic acids is 4. The third kappa shape index (κ3) is 6.75. The van der Waals surface area contributed by atoms with Gasteiger partial charge >= 0.3 is 23.9 Å². The minimum absolute atomic E-state index is 0.00578. The highest BCUT2D eigenvalue weighted by Crippen LogP contribution is 2.28. The van der Waals surface area contributed by atoms with E-state index in [-0.39, 0.29) is 32.3 Å². The Kier molecular flexibility index (Phi) is 9.88. The Bertz CT molecular complexity index is 561. The molecule has 10 heteroatoms. The molecule has 1 saturated heterocycles. The zero-order chi connectivity index (χ0) is 21.3. The van der Waals surface area contributed by atoms with Crippen LogP contribution in [0.15, 0.2) is 0 Å². The molecule has 0 aromatic heterocycles. The highest BCUT2D eigenvalue weighted by atomic mass is 16.7. The van der Waals surface area contributed by atoms with E-state index in [1.54, 1.807) is 27.7 Å². The molecule has 0 aromatic rings. The van der Waals surface area contributed by atoms with Crippen molar-refractivity contribution in [3.8, 4) is 0 Å². The first-order valence-electron chi connectivity index (χ1n) is 9.34. The van der Waals surface area contributed by atoms with Gasteiger partial charge in [0.1, 0.15) is 12.7 Å². The van der Waals surface area contributed by atoms with Crippen molar-refractivity contribution in [2.75, 3.05) is 6.61 Å². The monoisotopic (exact) mass is 404 g/mol. The average molecular weight is 404 g/mol. The lowest BCUT2D eigenvalue weighted by Gasteiger charge is -2.42. The summed E-state index contributed by atoms with van der Waals surface area (Å²) in [6.07, 6.45) is -6.62. The van der Waals surface area contributed by atoms with Crippen molar-refractivity contribution in [2.45, 2.75) is 84.1 Å². The summed E-state index contributed by atoms with van der Waals surface area (Å²) < 4.78 is 26.2. The maximum absolute atomic E-state index is 11.9. The number of hydrogen-bond acceptors (Lipinski definition) is 10. The van der Waals surface area contributed by atoms with Crippen LogP contribution in [-0.2, 0) is 42.9 Å². The molecule has 0 bridgehead atoms. The predicted octanol–water partition coefficient (Wildman–Crippen LogP) is 0.622. The maximum atomic E-state index is 11.9. The van der Waals surface area contributed by atoms with Crippen LogP contribution in [0.1, 0.15) is 53.4 Å². The highest BCUT2D eigenvalue weighted by Gasteiger charge is 2.52. The summed E-state index contributed by atoms with van der Waals surface area (Å²) in [5, 5.41) is 10.3. The summed E-state index contributed by atoms with van der Waals surface area (Å²) in [5.74, 6) is -2.48. The molecule has 0 amide bonds. The van der Waals surface area contributed by atoms with Crippen LogP contribution in [0.2, 0.25) is 0 Å². The van der Waals surface area contributed by atoms with Crippen molar-refractivity contribution in [1.82, 2.24) is 0 Å². The van der Waals surface area contributed by atoms with E-state index in [4.69, 9.17) is 23.7 Å². The standard InChI is InChI=1S/C18H28O10/c1-5-11(19)24-9-10-15(26-12(20)6-2)16(27-13(21)7-3)17(18(23)25-10)28-14(22)8-4/h10,15-18,23H,5-9H2,1-4H3/t10-,15+,16+,17-,18+/m1/s1. The highest BCUT2D eigenvalue weighted by molar-refractivity contribution is 5.71. The van der Waals surface area contributed by atoms with Crippen LogP contribution in [0.4, 0.5) is 0 Å². The summed E-state index contributed by atoms with van der Waals surface area (Å²) >= 11 is 0. The molecule has 1 aliphatic rings. The van der Waals surface area contributed by atoms with Gasteiger partial charge < -0.3 is 28.8 Å². The van der Waals surface area contributed by atoms with Crippen LogP contribution in [0.3, 0.4) is 0 Å². The van der Waals surface area contributed by atoms with E-state index in [0.717, 1.165) is 0 Å². The molecule has 1 aliphatic heterocycles. The molecule has 0 radical (unpaired) electrons. The third-order valence-corrected chi connectivity index (χ3v) is 3.98. The molecule has 10 nitrogen and oxygen atoms in total. The van der Waals surface area contributed by atoms with Crippen molar-refractivity contribution in [3.05, 3.63) is 0 Å². The van der Waals surface area contributed by atoms with E-state index >= 15 is 0 Å². The molecule has 160 valence electrons. The Morgan fingerprint density at radius 3 is 1.61 bits per heavy atom. The molecule has 1 fully saturated rings. The largest absolute Gasteiger partial charge is 0.463 e. The molecule has 1 heterocycles. The molecule has 0 spiro atoms. The van der Waals surface area contributed by atoms with Crippen LogP contribution in [0.25, 0.3) is 0 Å². The maximum Gasteiger partial charge on any atom is 0.306 e. The summed E-state index contributed by atoms with van der Waals surface area (Å²) in [4.78, 5) is 47.0. The van der Waals surface area contributed by atoms with Gasteiger partial charge in [-0.25, -0.2) is 0 Å². The number of ether oxygens (including phenoxy) is 5. The molecular formula is C18H28O10. The topological polar surface area (TPSA) is 135 Å². The fourth-order valence-electron chi connectivity index (χ4n) is 2.41. The Morgan fingerprint density at radius 2 is 1.14 bits per heavy atom. The van der Waals surface area contributed by atoms with Crippen LogP contribution in [0.5, 0.6) is 0 Å². The van der Waals surface area contributed by atoms with Gasteiger partial charge in [-0.1, -0.05) is 27.7 Å². The summed E-state index contributed by atoms with van der Waals surface area (Å²) in [6.45, 7) is 5.92. The number of rotatable bonds is 9. The molecular weight excluding hydrogens is 376 g/mol. The first kappa shape index (κ1) is 23.8. The van der Waals surface area contributed by atoms with Gasteiger partial charge in [-0.2, -0.15) is 0 Å². The first-order chi connectivity index (χ1) is 13.3. The lowest BCUT2D eigenvalue weighted by molar-refractivity contribution is -0.297. The molecule has 28 heavy (non-hydrogen) atoms. The van der Waals surface area contributed by atoms with Gasteiger partial charge in [-0.3, -0.25) is 19.2 Å². The average Bonchev–Trinajstić information content (AvgIpc) is 2.69. The SMILES string of the molecule is CCC(=O)OC[C@H]1O[C@H](O)[C@H](OC(=O)CC)[C@@H](OC(=O)CC)[C@H]1OC(=O)CC. The smallest absolute Gasteiger partial charge is 0.306 e. The molecule has 1 N–H and O–H groups in total. The first-order valence-corrected chi connectivity index (χ1v) is 9.34. The van der Waals surface area contributed by atoms with Crippen molar-refractivity contribution in [3.63, 3.8) is 0 Å². The Labute approximate surface area is 163 Å². The fourth-order valence-corrected chi connectivity index (χ4v) is 2.41. The Hall–Kier alpha value is -2.20. The second-order valence-corrected chi connectivity index (χ2v) is 6.03. The van der Waals surface area contributed by atoms with Gasteiger partial charge in [0.25, 0.3) is 0 Å². The van der Waals surface area contributed by atoms with Crippen LogP contribution in [0, 0.1) is 0 Å². The Morgan fingerprint density at radius 1 is 0.714 bits per heavy atom. The molecule has 1 rings (SSSR count). The molecule has 0 unspecified atom stereocenters. The number of esters is 4. The van der Waals surface area contributed by atoms with Gasteiger partial charge in [0.15, 0.2) is 24.6 Å². The summed E-state index contributed by atoms with van der Waals surface area (Å²) in [6, 6.07) is 0. The number of hydrogen-bond donors (Lipinski definition) is 1. The van der Waals surface area contributed by atoms with Gasteiger partial charge in [-0.05, 0) is 0 Å². The summed E-state index contributed by atoms with van der Waals surface area (Å²) in [5.41, 5.74) is 0. The number of aliphatic hydroxyl groups excluding tert-OH is 1. The summed E-state index contributed by atoms with van der Waals surface area (Å²) in [7, 11) is 0. The second-order valence-electron chi connectivity index (χ2n) is 6.03. The fraction of sp³-hybridized carbons (Fsp3) is 0.778. The van der Waals surface area contributed by atoms with Gasteiger partial charge in [0.2, 0.25) is 0 Å². The van der Waals surface area contributed by atoms with Crippen LogP contribution < -0.4 is 0 Å². The zero-order valence-corrected chi connectivity index (χ0v) is 16.5. The quantitative estimate of drug-likeness (QED) is 0.430. The van der Waals surface area contributed by atoms with E-state index in [1.165, 1.54) is 0 Å².